The van der Waals surface area contributed by atoms with Gasteiger partial charge in [-0.15, -0.1) is 0 Å². The molecule has 0 radical (unpaired) electrons. The summed E-state index contributed by atoms with van der Waals surface area (Å²) >= 11 is 0. The van der Waals surface area contributed by atoms with Gasteiger partial charge in [-0.05, 0) is 37.0 Å². The second-order valence-electron chi connectivity index (χ2n) is 4.14. The normalized spacial score (nSPS) is 20.0. The quantitative estimate of drug-likeness (QED) is 0.638. The molecule has 0 aromatic carbocycles. The minimum Gasteiger partial charge on any atom is -0.457 e. The molecule has 68 valence electrons. The first kappa shape index (κ1) is 7.43. The molecule has 0 spiro atoms. The van der Waals surface area contributed by atoms with Crippen LogP contribution in [0.4, 0.5) is 0 Å². The van der Waals surface area contributed by atoms with Gasteiger partial charge in [0.25, 0.3) is 0 Å². The van der Waals surface area contributed by atoms with E-state index in [0.29, 0.717) is 0 Å². The van der Waals surface area contributed by atoms with E-state index in [0.717, 1.165) is 17.1 Å². The van der Waals surface area contributed by atoms with Crippen molar-refractivity contribution in [2.45, 2.75) is 38.0 Å². The van der Waals surface area contributed by atoms with E-state index in [9.17, 15) is 0 Å². The van der Waals surface area contributed by atoms with Gasteiger partial charge >= 0.3 is 0 Å². The summed E-state index contributed by atoms with van der Waals surface area (Å²) in [6.07, 6.45) is 6.94. The molecule has 0 saturated heterocycles. The minimum atomic E-state index is 0.784. The first-order valence-electron chi connectivity index (χ1n) is 5.25. The van der Waals surface area contributed by atoms with Crippen molar-refractivity contribution in [3.8, 4) is 0 Å². The van der Waals surface area contributed by atoms with Gasteiger partial charge in [0.15, 0.2) is 0 Å². The van der Waals surface area contributed by atoms with Crippen LogP contribution in [0.5, 0.6) is 0 Å². The monoisotopic (exact) mass is 174 g/mol. The summed E-state index contributed by atoms with van der Waals surface area (Å²) in [7, 11) is 0. The smallest absolute Gasteiger partial charge is 0.131 e. The van der Waals surface area contributed by atoms with Crippen LogP contribution in [0.3, 0.4) is 0 Å². The third-order valence-electron chi connectivity index (χ3n) is 3.25. The van der Waals surface area contributed by atoms with Crippen molar-refractivity contribution < 1.29 is 4.42 Å². The zero-order valence-corrected chi connectivity index (χ0v) is 7.75. The second kappa shape index (κ2) is 2.76. The fraction of sp³-hybridized carbons (Fsp3) is 0.500. The molecule has 1 nitrogen and oxygen atoms in total. The first-order chi connectivity index (χ1) is 6.43. The predicted octanol–water partition coefficient (Wildman–Crippen LogP) is 3.92. The molecule has 2 bridgehead atoms. The topological polar surface area (TPSA) is 13.1 Å². The van der Waals surface area contributed by atoms with Gasteiger partial charge in [0, 0.05) is 5.56 Å². The fourth-order valence-corrected chi connectivity index (χ4v) is 2.54. The SMILES string of the molecule is c1cc2oc1cc2C1CCCCC1. The Morgan fingerprint density at radius 3 is 2.54 bits per heavy atom. The highest BCUT2D eigenvalue weighted by molar-refractivity contribution is 5.66. The summed E-state index contributed by atoms with van der Waals surface area (Å²) in [4.78, 5) is 0. The molecule has 1 fully saturated rings. The highest BCUT2D eigenvalue weighted by Gasteiger charge is 2.19. The van der Waals surface area contributed by atoms with Crippen molar-refractivity contribution >= 4 is 11.2 Å². The summed E-state index contributed by atoms with van der Waals surface area (Å²) in [5.74, 6) is 0.784. The zero-order chi connectivity index (χ0) is 8.67. The Hall–Kier alpha value is -0.980. The molecule has 0 amide bonds. The predicted molar refractivity (Wildman–Crippen MR) is 53.2 cm³/mol. The van der Waals surface area contributed by atoms with Gasteiger partial charge in [0.05, 0.1) is 0 Å². The van der Waals surface area contributed by atoms with E-state index in [1.54, 1.807) is 0 Å². The lowest BCUT2D eigenvalue weighted by Crippen LogP contribution is -2.03. The summed E-state index contributed by atoms with van der Waals surface area (Å²) in [5.41, 5.74) is 3.65. The third-order valence-corrected chi connectivity index (χ3v) is 3.25. The average molecular weight is 174 g/mol. The largest absolute Gasteiger partial charge is 0.457 e. The van der Waals surface area contributed by atoms with Crippen molar-refractivity contribution in [1.82, 2.24) is 0 Å². The lowest BCUT2D eigenvalue weighted by molar-refractivity contribution is 0.444. The van der Waals surface area contributed by atoms with Crippen LogP contribution in [0, 0.1) is 0 Å². The zero-order valence-electron chi connectivity index (χ0n) is 7.75. The molecule has 1 aliphatic carbocycles. The lowest BCUT2D eigenvalue weighted by atomic mass is 9.84. The molecule has 1 saturated carbocycles. The van der Waals surface area contributed by atoms with Crippen LogP contribution in [0.1, 0.15) is 43.6 Å². The van der Waals surface area contributed by atoms with Crippen LogP contribution >= 0.6 is 0 Å². The maximum atomic E-state index is 5.57. The molecule has 2 heterocycles. The van der Waals surface area contributed by atoms with Gasteiger partial charge in [0.2, 0.25) is 0 Å². The van der Waals surface area contributed by atoms with Gasteiger partial charge in [-0.3, -0.25) is 0 Å². The van der Waals surface area contributed by atoms with Gasteiger partial charge in [0.1, 0.15) is 11.2 Å². The molecule has 1 heteroatoms. The van der Waals surface area contributed by atoms with Crippen molar-refractivity contribution in [3.63, 3.8) is 0 Å². The fourth-order valence-electron chi connectivity index (χ4n) is 2.54. The number of hydrogen-bond acceptors (Lipinski definition) is 1. The Bertz CT molecular complexity index is 382. The van der Waals surface area contributed by atoms with E-state index >= 15 is 0 Å². The Morgan fingerprint density at radius 1 is 1.08 bits per heavy atom. The molecule has 3 rings (SSSR count). The molecule has 0 N–H and O–H groups in total. The number of hydrogen-bond donors (Lipinski definition) is 0. The Kier molecular flexibility index (Phi) is 1.58. The standard InChI is InChI=1S/C12H14O/c1-2-4-9(5-3-1)11-8-10-6-7-12(11)13-10/h6-9H,1-5H2. The number of fused-ring (bicyclic) bond motifs is 2. The van der Waals surface area contributed by atoms with E-state index in [1.807, 2.05) is 0 Å². The van der Waals surface area contributed by atoms with E-state index < -0.39 is 0 Å². The number of rotatable bonds is 1. The van der Waals surface area contributed by atoms with Gasteiger partial charge in [-0.2, -0.15) is 0 Å². The average Bonchev–Trinajstić information content (AvgIpc) is 2.80. The summed E-state index contributed by atoms with van der Waals surface area (Å²) in [6.45, 7) is 0. The summed E-state index contributed by atoms with van der Waals surface area (Å²) in [6, 6.07) is 6.40. The van der Waals surface area contributed by atoms with Crippen LogP contribution in [-0.4, -0.2) is 0 Å². The Morgan fingerprint density at radius 2 is 1.92 bits per heavy atom. The highest BCUT2D eigenvalue weighted by atomic mass is 16.3. The molecule has 2 aromatic heterocycles. The molecule has 0 unspecified atom stereocenters. The van der Waals surface area contributed by atoms with Gasteiger partial charge in [-0.25, -0.2) is 0 Å². The highest BCUT2D eigenvalue weighted by Crippen LogP contribution is 2.37. The van der Waals surface area contributed by atoms with Crippen LogP contribution in [0.2, 0.25) is 0 Å². The van der Waals surface area contributed by atoms with Crippen LogP contribution in [-0.2, 0) is 0 Å². The second-order valence-corrected chi connectivity index (χ2v) is 4.14. The Balaban J connectivity index is 1.94. The van der Waals surface area contributed by atoms with E-state index in [2.05, 4.69) is 18.2 Å². The van der Waals surface area contributed by atoms with Crippen molar-refractivity contribution in [2.24, 2.45) is 0 Å². The molecule has 0 atom stereocenters. The van der Waals surface area contributed by atoms with Crippen molar-refractivity contribution in [2.75, 3.05) is 0 Å². The molecule has 0 aliphatic heterocycles. The van der Waals surface area contributed by atoms with Crippen LogP contribution in [0.25, 0.3) is 11.2 Å². The summed E-state index contributed by atoms with van der Waals surface area (Å²) < 4.78 is 5.57. The van der Waals surface area contributed by atoms with Crippen LogP contribution < -0.4 is 0 Å². The molecule has 13 heavy (non-hydrogen) atoms. The van der Waals surface area contributed by atoms with Crippen LogP contribution in [0.15, 0.2) is 22.6 Å². The minimum absolute atomic E-state index is 0.784. The maximum absolute atomic E-state index is 5.57. The molecular formula is C12H14O. The van der Waals surface area contributed by atoms with Gasteiger partial charge < -0.3 is 4.42 Å². The van der Waals surface area contributed by atoms with Crippen molar-refractivity contribution in [3.05, 3.63) is 23.8 Å². The lowest BCUT2D eigenvalue weighted by Gasteiger charge is -2.20. The van der Waals surface area contributed by atoms with E-state index in [-0.39, 0.29) is 0 Å². The molecule has 2 aromatic rings. The van der Waals surface area contributed by atoms with E-state index in [1.165, 1.54) is 37.7 Å². The van der Waals surface area contributed by atoms with Crippen molar-refractivity contribution in [1.29, 1.82) is 0 Å². The van der Waals surface area contributed by atoms with Gasteiger partial charge in [-0.1, -0.05) is 19.3 Å². The molecule has 1 aliphatic rings. The summed E-state index contributed by atoms with van der Waals surface area (Å²) in [5, 5.41) is 0. The molecular weight excluding hydrogens is 160 g/mol. The maximum Gasteiger partial charge on any atom is 0.131 e. The number of furan rings is 2. The number of benzene rings is 1. The third kappa shape index (κ3) is 1.14. The van der Waals surface area contributed by atoms with E-state index in [4.69, 9.17) is 4.42 Å². The first-order valence-corrected chi connectivity index (χ1v) is 5.25. The Labute approximate surface area is 78.1 Å².